The van der Waals surface area contributed by atoms with Gasteiger partial charge < -0.3 is 9.94 Å². The molecule has 0 rings (SSSR count). The van der Waals surface area contributed by atoms with Gasteiger partial charge in [0.15, 0.2) is 0 Å². The maximum Gasteiger partial charge on any atom is 0.303 e. The molecule has 2 N–H and O–H groups in total. The Kier molecular flexibility index (Phi) is 50.1. The molecule has 0 aliphatic heterocycles. The van der Waals surface area contributed by atoms with Crippen LogP contribution in [-0.4, -0.2) is 50.4 Å². The molecule has 0 aliphatic carbocycles. The van der Waals surface area contributed by atoms with Crippen molar-refractivity contribution in [3.8, 4) is 0 Å². The van der Waals surface area contributed by atoms with E-state index in [0.29, 0.717) is 12.8 Å². The summed E-state index contributed by atoms with van der Waals surface area (Å²) in [6.07, 6.45) is 44.7. The number of allylic oxidation sites excluding steroid dienone is 4. The molecule has 0 radical (unpaired) electrons. The third kappa shape index (κ3) is 51.1. The molecule has 0 aromatic carbocycles. The quantitative estimate of drug-likeness (QED) is 0.0407. The number of rotatable bonds is 33. The third-order valence-electron chi connectivity index (χ3n) is 8.38. The Bertz CT molecular complexity index is 682. The molecule has 0 heterocycles. The molecule has 0 saturated heterocycles. The molecule has 0 aliphatic rings. The maximum atomic E-state index is 11.5. The van der Waals surface area contributed by atoms with Gasteiger partial charge in [0.25, 0.3) is 0 Å². The van der Waals surface area contributed by atoms with Crippen LogP contribution >= 0.6 is 0 Å². The van der Waals surface area contributed by atoms with Gasteiger partial charge in [0, 0.05) is 26.9 Å². The zero-order valence-corrected chi connectivity index (χ0v) is 32.8. The zero-order valence-electron chi connectivity index (χ0n) is 32.8. The van der Waals surface area contributed by atoms with E-state index in [1.807, 2.05) is 0 Å². The lowest BCUT2D eigenvalue weighted by Gasteiger charge is -2.12. The second-order valence-corrected chi connectivity index (χ2v) is 12.9. The molecule has 1 amide bonds. The summed E-state index contributed by atoms with van der Waals surface area (Å²) < 4.78 is 0. The van der Waals surface area contributed by atoms with Crippen LogP contribution in [0, 0.1) is 0 Å². The molecule has 0 saturated carbocycles. The highest BCUT2D eigenvalue weighted by Crippen LogP contribution is 2.12. The maximum absolute atomic E-state index is 11.5. The molecular formula is C41H82N2O5. The Labute approximate surface area is 299 Å². The van der Waals surface area contributed by atoms with Gasteiger partial charge in [0.1, 0.15) is 0 Å². The summed E-state index contributed by atoms with van der Waals surface area (Å²) in [7, 11) is 6.48. The van der Waals surface area contributed by atoms with Gasteiger partial charge in [-0.2, -0.15) is 0 Å². The molecule has 48 heavy (non-hydrogen) atoms. The first-order chi connectivity index (χ1) is 23.4. The highest BCUT2D eigenvalue weighted by molar-refractivity contribution is 5.74. The predicted octanol–water partition coefficient (Wildman–Crippen LogP) is 12.3. The Morgan fingerprint density at radius 2 is 0.833 bits per heavy atom. The Morgan fingerprint density at radius 1 is 0.542 bits per heavy atom. The zero-order chi connectivity index (χ0) is 36.2. The molecule has 286 valence electrons. The number of carbonyl (C=O) groups excluding carboxylic acids is 1. The van der Waals surface area contributed by atoms with Gasteiger partial charge in [0.2, 0.25) is 5.91 Å². The molecule has 7 nitrogen and oxygen atoms in total. The monoisotopic (exact) mass is 683 g/mol. The van der Waals surface area contributed by atoms with Gasteiger partial charge in [-0.15, -0.1) is 0 Å². The van der Waals surface area contributed by atoms with Crippen molar-refractivity contribution in [1.29, 1.82) is 0 Å². The van der Waals surface area contributed by atoms with Crippen molar-refractivity contribution >= 4 is 11.9 Å². The minimum Gasteiger partial charge on any atom is -0.481 e. The molecule has 0 atom stereocenters. The number of hydrogen-bond acceptors (Lipinski definition) is 5. The first kappa shape index (κ1) is 50.7. The van der Waals surface area contributed by atoms with Gasteiger partial charge in [-0.3, -0.25) is 14.4 Å². The van der Waals surface area contributed by atoms with Gasteiger partial charge in [-0.1, -0.05) is 147 Å². The van der Waals surface area contributed by atoms with Gasteiger partial charge in [0.05, 0.1) is 14.2 Å². The van der Waals surface area contributed by atoms with Crippen LogP contribution in [0.3, 0.4) is 0 Å². The van der Waals surface area contributed by atoms with Gasteiger partial charge in [-0.05, 0) is 64.2 Å². The van der Waals surface area contributed by atoms with Crippen LogP contribution in [0.15, 0.2) is 24.3 Å². The van der Waals surface area contributed by atoms with E-state index in [-0.39, 0.29) is 5.91 Å². The molecule has 0 fully saturated rings. The summed E-state index contributed by atoms with van der Waals surface area (Å²) >= 11 is 0. The SMILES string of the molecule is CCCCCCC/C=C\CCCCCCCCCC(=O)N(C)OC.CCCCCCCC/C=C\CCCCCCCC(=O)O.CNOC. The van der Waals surface area contributed by atoms with Crippen molar-refractivity contribution in [3.05, 3.63) is 24.3 Å². The van der Waals surface area contributed by atoms with E-state index >= 15 is 0 Å². The highest BCUT2D eigenvalue weighted by Gasteiger charge is 2.06. The number of hydrogen-bond donors (Lipinski definition) is 2. The van der Waals surface area contributed by atoms with Gasteiger partial charge >= 0.3 is 5.97 Å². The second-order valence-electron chi connectivity index (χ2n) is 12.9. The van der Waals surface area contributed by atoms with Crippen molar-refractivity contribution in [1.82, 2.24) is 10.5 Å². The number of amides is 1. The minimum absolute atomic E-state index is 0.0784. The van der Waals surface area contributed by atoms with Crippen LogP contribution in [0.2, 0.25) is 0 Å². The van der Waals surface area contributed by atoms with E-state index in [1.54, 1.807) is 21.2 Å². The van der Waals surface area contributed by atoms with Crippen molar-refractivity contribution in [3.63, 3.8) is 0 Å². The molecule has 0 aromatic rings. The Hall–Kier alpha value is -1.70. The van der Waals surface area contributed by atoms with Crippen LogP contribution in [-0.2, 0) is 19.3 Å². The van der Waals surface area contributed by atoms with Crippen LogP contribution in [0.1, 0.15) is 200 Å². The number of carboxylic acid groups (broad SMARTS) is 1. The number of carboxylic acids is 1. The number of unbranched alkanes of at least 4 members (excludes halogenated alkanes) is 23. The molecule has 0 bridgehead atoms. The third-order valence-corrected chi connectivity index (χ3v) is 8.38. The standard InChI is InChI=1S/C21H41NO2.C18H34O2.C2H7NO/c1-4-5-6-7-8-9-10-11-12-13-14-15-16-17-18-19-20-21(23)22(2)24-3;1-2-3-4-5-6-7-8-9-10-11-12-13-14-15-16-17-18(19)20;1-3-4-2/h10-11H,4-9,12-20H2,1-3H3;9-10H,2-8,11-17H2,1H3,(H,19,20);3H,1-2H3/b11-10-;10-9-;. The first-order valence-electron chi connectivity index (χ1n) is 19.9. The molecule has 7 heteroatoms. The van der Waals surface area contributed by atoms with E-state index in [9.17, 15) is 9.59 Å². The van der Waals surface area contributed by atoms with E-state index in [4.69, 9.17) is 9.94 Å². The minimum atomic E-state index is -0.664. The summed E-state index contributed by atoms with van der Waals surface area (Å²) in [5.74, 6) is -0.586. The normalized spacial score (nSPS) is 11.0. The van der Waals surface area contributed by atoms with Crippen molar-refractivity contribution in [2.24, 2.45) is 0 Å². The topological polar surface area (TPSA) is 88.1 Å². The molecule has 0 unspecified atom stereocenters. The van der Waals surface area contributed by atoms with Crippen LogP contribution in [0.4, 0.5) is 0 Å². The number of hydroxylamine groups is 3. The number of nitrogens with one attached hydrogen (secondary N) is 1. The summed E-state index contributed by atoms with van der Waals surface area (Å²) in [6, 6.07) is 0. The molecule has 0 spiro atoms. The van der Waals surface area contributed by atoms with E-state index in [1.165, 1.54) is 160 Å². The van der Waals surface area contributed by atoms with E-state index in [0.717, 1.165) is 25.7 Å². The first-order valence-corrected chi connectivity index (χ1v) is 19.9. The van der Waals surface area contributed by atoms with Crippen LogP contribution < -0.4 is 5.48 Å². The second kappa shape index (κ2) is 47.4. The highest BCUT2D eigenvalue weighted by atomic mass is 16.7. The van der Waals surface area contributed by atoms with E-state index in [2.05, 4.69) is 48.5 Å². The Balaban J connectivity index is -0.000000767. The summed E-state index contributed by atoms with van der Waals surface area (Å²) in [4.78, 5) is 31.0. The molecular weight excluding hydrogens is 600 g/mol. The van der Waals surface area contributed by atoms with E-state index < -0.39 is 5.97 Å². The smallest absolute Gasteiger partial charge is 0.303 e. The summed E-state index contributed by atoms with van der Waals surface area (Å²) in [5, 5.41) is 9.83. The summed E-state index contributed by atoms with van der Waals surface area (Å²) in [5.41, 5.74) is 2.43. The fourth-order valence-electron chi connectivity index (χ4n) is 5.13. The van der Waals surface area contributed by atoms with Crippen molar-refractivity contribution in [2.45, 2.75) is 200 Å². The number of aliphatic carboxylic acids is 1. The number of carbonyl (C=O) groups is 2. The van der Waals surface area contributed by atoms with Crippen LogP contribution in [0.5, 0.6) is 0 Å². The van der Waals surface area contributed by atoms with Crippen LogP contribution in [0.25, 0.3) is 0 Å². The fourth-order valence-corrected chi connectivity index (χ4v) is 5.13. The number of nitrogens with zero attached hydrogens (tertiary/aromatic N) is 1. The lowest BCUT2D eigenvalue weighted by atomic mass is 10.1. The Morgan fingerprint density at radius 3 is 1.12 bits per heavy atom. The van der Waals surface area contributed by atoms with Crippen molar-refractivity contribution < 1.29 is 24.4 Å². The lowest BCUT2D eigenvalue weighted by molar-refractivity contribution is -0.168. The fraction of sp³-hybridized carbons (Fsp3) is 0.854. The lowest BCUT2D eigenvalue weighted by Crippen LogP contribution is -2.24. The van der Waals surface area contributed by atoms with Crippen molar-refractivity contribution in [2.75, 3.05) is 28.3 Å². The average molecular weight is 683 g/mol. The largest absolute Gasteiger partial charge is 0.481 e. The average Bonchev–Trinajstić information content (AvgIpc) is 3.09. The molecule has 0 aromatic heterocycles. The van der Waals surface area contributed by atoms with Gasteiger partial charge in [-0.25, -0.2) is 10.5 Å². The summed E-state index contributed by atoms with van der Waals surface area (Å²) in [6.45, 7) is 4.53. The predicted molar refractivity (Wildman–Crippen MR) is 207 cm³/mol.